The fourth-order valence-corrected chi connectivity index (χ4v) is 10.1. The van der Waals surface area contributed by atoms with Crippen molar-refractivity contribution in [1.82, 2.24) is 30.2 Å². The van der Waals surface area contributed by atoms with Crippen LogP contribution in [0, 0.1) is 5.41 Å². The number of nitrogens with zero attached hydrogens (tertiary/aromatic N) is 4. The lowest BCUT2D eigenvalue weighted by Gasteiger charge is -2.35. The van der Waals surface area contributed by atoms with E-state index in [4.69, 9.17) is 10.5 Å². The van der Waals surface area contributed by atoms with Gasteiger partial charge < -0.3 is 59.9 Å². The number of unbranched alkanes of at least 4 members (excludes halogenated alkanes) is 12. The molecule has 65 heavy (non-hydrogen) atoms. The average molecular weight is 1000 g/mol. The van der Waals surface area contributed by atoms with Crippen molar-refractivity contribution in [2.45, 2.75) is 148 Å². The van der Waals surface area contributed by atoms with E-state index in [0.29, 0.717) is 12.2 Å². The van der Waals surface area contributed by atoms with Gasteiger partial charge in [-0.05, 0) is 6.42 Å². The first-order valence-corrected chi connectivity index (χ1v) is 27.0. The second kappa shape index (κ2) is 27.5. The first-order chi connectivity index (χ1) is 30.6. The van der Waals surface area contributed by atoms with Crippen LogP contribution in [-0.2, 0) is 50.7 Å². The van der Waals surface area contributed by atoms with Crippen LogP contribution in [0.3, 0.4) is 0 Å². The van der Waals surface area contributed by atoms with Crippen molar-refractivity contribution < 1.29 is 80.5 Å². The number of amides is 2. The molecule has 24 nitrogen and oxygen atoms in total. The fourth-order valence-electron chi connectivity index (χ4n) is 6.64. The Morgan fingerprint density at radius 3 is 2.12 bits per heavy atom. The number of carbonyl (C=O) groups excluding carboxylic acids is 3. The number of rotatable bonds is 33. The highest BCUT2D eigenvalue weighted by Crippen LogP contribution is 2.56. The number of aliphatic hydroxyl groups excluding tert-OH is 2. The standard InChI is InChI=1S/C37H66N7O17P3S/c1-4-5-6-7-8-9-10-11-12-13-14-15-16-17-28(46)65-21-20-39-27(45)18-19-40-35(49)32(48)37(2,3)23-58-64(55,56)61-63(53,54)57-22-26-31(60-62(50,51)52)30(47)36(59-26)44-25-43-29-33(38)41-24-42-34(29)44/h24-26,30-32,36,47-48H,4-23H2,1-3H3,(H,39,45)(H,40,49)(H,53,54)(H,55,56)(H2,38,41,42)(H2,50,51,52)/p-2. The first kappa shape index (κ1) is 56.9. The lowest BCUT2D eigenvalue weighted by molar-refractivity contribution is -0.247. The van der Waals surface area contributed by atoms with Gasteiger partial charge in [0.2, 0.25) is 11.8 Å². The van der Waals surface area contributed by atoms with E-state index in [1.54, 1.807) is 0 Å². The summed E-state index contributed by atoms with van der Waals surface area (Å²) in [5.74, 6) is -1.09. The van der Waals surface area contributed by atoms with Crippen molar-refractivity contribution >= 4 is 69.1 Å². The van der Waals surface area contributed by atoms with Gasteiger partial charge in [0, 0.05) is 37.1 Å². The number of aromatic nitrogens is 4. The van der Waals surface area contributed by atoms with E-state index in [2.05, 4.69) is 50.4 Å². The normalized spacial score (nSPS) is 20.3. The Bertz CT molecular complexity index is 1960. The molecule has 1 saturated heterocycles. The minimum Gasteiger partial charge on any atom is -0.756 e. The smallest absolute Gasteiger partial charge is 0.470 e. The number of anilines is 1. The number of aliphatic hydroxyl groups is 2. The van der Waals surface area contributed by atoms with Gasteiger partial charge in [0.15, 0.2) is 22.8 Å². The number of nitrogens with one attached hydrogen (secondary N) is 2. The molecule has 1 aliphatic rings. The summed E-state index contributed by atoms with van der Waals surface area (Å²) in [6, 6.07) is 0. The van der Waals surface area contributed by atoms with Crippen molar-refractivity contribution in [2.24, 2.45) is 5.41 Å². The molecule has 372 valence electrons. The Labute approximate surface area is 382 Å². The van der Waals surface area contributed by atoms with E-state index >= 15 is 0 Å². The molecule has 0 saturated carbocycles. The molecule has 2 aromatic heterocycles. The molecule has 0 bridgehead atoms. The van der Waals surface area contributed by atoms with Gasteiger partial charge in [-0.1, -0.05) is 110 Å². The Morgan fingerprint density at radius 1 is 0.908 bits per heavy atom. The molecular formula is C37H64N7O17P3S-2. The van der Waals surface area contributed by atoms with Crippen LogP contribution in [0.25, 0.3) is 11.2 Å². The highest BCUT2D eigenvalue weighted by atomic mass is 32.2. The maximum absolute atomic E-state index is 12.6. The van der Waals surface area contributed by atoms with Gasteiger partial charge in [0.25, 0.3) is 15.6 Å². The first-order valence-electron chi connectivity index (χ1n) is 21.6. The molecule has 1 aliphatic heterocycles. The van der Waals surface area contributed by atoms with E-state index < -0.39 is 84.6 Å². The maximum Gasteiger partial charge on any atom is 0.470 e. The lowest BCUT2D eigenvalue weighted by Crippen LogP contribution is -2.46. The molecule has 2 aromatic rings. The predicted octanol–water partition coefficient (Wildman–Crippen LogP) is 2.88. The molecule has 2 amide bonds. The molecule has 0 spiro atoms. The summed E-state index contributed by atoms with van der Waals surface area (Å²) in [6.07, 6.45) is 9.21. The largest absolute Gasteiger partial charge is 0.756 e. The van der Waals surface area contributed by atoms with E-state index in [0.717, 1.165) is 48.2 Å². The molecule has 8 N–H and O–H groups in total. The van der Waals surface area contributed by atoms with E-state index in [1.165, 1.54) is 78.1 Å². The number of nitrogen functional groups attached to an aromatic ring is 1. The summed E-state index contributed by atoms with van der Waals surface area (Å²) in [5.41, 5.74) is 4.18. The van der Waals surface area contributed by atoms with Crippen LogP contribution >= 0.6 is 35.2 Å². The van der Waals surface area contributed by atoms with Crippen molar-refractivity contribution in [2.75, 3.05) is 37.8 Å². The van der Waals surface area contributed by atoms with Crippen molar-refractivity contribution in [3.8, 4) is 0 Å². The Hall–Kier alpha value is -2.44. The van der Waals surface area contributed by atoms with Gasteiger partial charge in [0.05, 0.1) is 19.5 Å². The average Bonchev–Trinajstić information content (AvgIpc) is 3.79. The zero-order valence-electron chi connectivity index (χ0n) is 36.9. The maximum atomic E-state index is 12.6. The molecule has 0 aromatic carbocycles. The third-order valence-electron chi connectivity index (χ3n) is 10.2. The molecule has 0 radical (unpaired) electrons. The number of nitrogens with two attached hydrogens (primary N) is 1. The number of phosphoric acid groups is 3. The van der Waals surface area contributed by atoms with Crippen LogP contribution < -0.4 is 26.2 Å². The highest BCUT2D eigenvalue weighted by molar-refractivity contribution is 8.13. The van der Waals surface area contributed by atoms with Gasteiger partial charge in [-0.25, -0.2) is 23.8 Å². The Balaban J connectivity index is 1.32. The van der Waals surface area contributed by atoms with E-state index in [1.807, 2.05) is 0 Å². The van der Waals surface area contributed by atoms with Crippen LogP contribution in [0.5, 0.6) is 0 Å². The van der Waals surface area contributed by atoms with Crippen molar-refractivity contribution in [3.63, 3.8) is 0 Å². The SMILES string of the molecule is CCCCCCCCCCCCCCCC(=O)SCCNC(=O)CCNC(=O)C(O)C(C)(C)COP(=O)([O-])OP(=O)([O-])OCC1OC(n2cnc3c(N)ncnc32)C(O)C1OP(=O)(O)O. The zero-order chi connectivity index (χ0) is 48.3. The molecule has 0 aliphatic carbocycles. The summed E-state index contributed by atoms with van der Waals surface area (Å²) in [7, 11) is -17.0. The molecule has 28 heteroatoms. The number of imidazole rings is 1. The lowest BCUT2D eigenvalue weighted by atomic mass is 9.87. The molecule has 3 rings (SSSR count). The monoisotopic (exact) mass is 1000 g/mol. The number of phosphoric ester groups is 3. The number of hydrogen-bond acceptors (Lipinski definition) is 20. The number of ether oxygens (including phenoxy) is 1. The van der Waals surface area contributed by atoms with Gasteiger partial charge in [-0.3, -0.25) is 32.6 Å². The summed E-state index contributed by atoms with van der Waals surface area (Å²) in [4.78, 5) is 92.8. The van der Waals surface area contributed by atoms with Crippen molar-refractivity contribution in [3.05, 3.63) is 12.7 Å². The fraction of sp³-hybridized carbons (Fsp3) is 0.784. The van der Waals surface area contributed by atoms with Crippen LogP contribution in [0.15, 0.2) is 12.7 Å². The summed E-state index contributed by atoms with van der Waals surface area (Å²) in [6.45, 7) is 2.51. The number of carbonyl (C=O) groups is 3. The molecule has 7 unspecified atom stereocenters. The third-order valence-corrected chi connectivity index (χ3v) is 14.2. The summed E-state index contributed by atoms with van der Waals surface area (Å²) in [5, 5.41) is 26.5. The highest BCUT2D eigenvalue weighted by Gasteiger charge is 2.49. The molecule has 7 atom stereocenters. The van der Waals surface area contributed by atoms with Gasteiger partial charge in [0.1, 0.15) is 36.3 Å². The van der Waals surface area contributed by atoms with Crippen LogP contribution in [-0.4, -0.2) is 113 Å². The van der Waals surface area contributed by atoms with E-state index in [-0.39, 0.29) is 41.6 Å². The second-order valence-electron chi connectivity index (χ2n) is 16.2. The second-order valence-corrected chi connectivity index (χ2v) is 21.5. The van der Waals surface area contributed by atoms with Gasteiger partial charge in [-0.2, -0.15) is 0 Å². The Kier molecular flexibility index (Phi) is 24.1. The van der Waals surface area contributed by atoms with Crippen LogP contribution in [0.1, 0.15) is 123 Å². The van der Waals surface area contributed by atoms with Gasteiger partial charge >= 0.3 is 7.82 Å². The Morgan fingerprint density at radius 2 is 1.51 bits per heavy atom. The third kappa shape index (κ3) is 20.8. The van der Waals surface area contributed by atoms with Crippen molar-refractivity contribution in [1.29, 1.82) is 0 Å². The molecular weight excluding hydrogens is 939 g/mol. The molecule has 1 fully saturated rings. The topological polar surface area (TPSA) is 369 Å². The minimum absolute atomic E-state index is 0.0132. The quantitative estimate of drug-likeness (QED) is 0.0399. The zero-order valence-corrected chi connectivity index (χ0v) is 40.4. The summed E-state index contributed by atoms with van der Waals surface area (Å²) < 4.78 is 61.4. The number of fused-ring (bicyclic) bond motifs is 1. The predicted molar refractivity (Wildman–Crippen MR) is 233 cm³/mol. The van der Waals surface area contributed by atoms with Crippen LogP contribution in [0.2, 0.25) is 0 Å². The number of thioether (sulfide) groups is 1. The molecule has 3 heterocycles. The van der Waals surface area contributed by atoms with Crippen LogP contribution in [0.4, 0.5) is 5.82 Å². The minimum atomic E-state index is -5.88. The van der Waals surface area contributed by atoms with Gasteiger partial charge in [-0.15, -0.1) is 0 Å². The van der Waals surface area contributed by atoms with E-state index in [9.17, 15) is 57.9 Å². The summed E-state index contributed by atoms with van der Waals surface area (Å²) >= 11 is 1.15. The number of hydrogen-bond donors (Lipinski definition) is 7.